The molecule has 6 heteroatoms. The minimum atomic E-state index is -0.0554. The number of hydrogen-bond acceptors (Lipinski definition) is 4. The van der Waals surface area contributed by atoms with E-state index in [1.165, 1.54) is 0 Å². The number of hydrogen-bond donors (Lipinski definition) is 2. The molecule has 0 spiro atoms. The van der Waals surface area contributed by atoms with Crippen molar-refractivity contribution in [2.75, 3.05) is 20.8 Å². The molecule has 0 saturated heterocycles. The Bertz CT molecular complexity index is 413. The van der Waals surface area contributed by atoms with E-state index in [1.807, 2.05) is 13.0 Å². The van der Waals surface area contributed by atoms with Crippen molar-refractivity contribution in [3.05, 3.63) is 23.8 Å². The fourth-order valence-electron chi connectivity index (χ4n) is 1.56. The van der Waals surface area contributed by atoms with E-state index in [9.17, 15) is 4.79 Å². The van der Waals surface area contributed by atoms with Crippen molar-refractivity contribution in [3.63, 3.8) is 0 Å². The Balaban J connectivity index is 0.00000324. The van der Waals surface area contributed by atoms with Crippen LogP contribution < -0.4 is 20.5 Å². The van der Waals surface area contributed by atoms with Crippen LogP contribution >= 0.6 is 12.4 Å². The highest BCUT2D eigenvalue weighted by atomic mass is 35.5. The van der Waals surface area contributed by atoms with Crippen LogP contribution in [0.5, 0.6) is 11.5 Å². The standard InChI is InChI=1S/C13H20N2O3.ClH/c1-9(8-14)15-13(16)7-10-4-5-11(17-2)12(6-10)18-3;/h4-6,9H,7-8,14H2,1-3H3,(H,15,16);1H/t9-;/m1./s1. The van der Waals surface area contributed by atoms with Crippen LogP contribution in [-0.4, -0.2) is 32.7 Å². The number of carbonyl (C=O) groups is 1. The lowest BCUT2D eigenvalue weighted by Crippen LogP contribution is -2.38. The van der Waals surface area contributed by atoms with E-state index in [0.717, 1.165) is 5.56 Å². The summed E-state index contributed by atoms with van der Waals surface area (Å²) in [7, 11) is 3.14. The zero-order valence-corrected chi connectivity index (χ0v) is 12.3. The normalized spacial score (nSPS) is 11.2. The second-order valence-electron chi connectivity index (χ2n) is 4.07. The van der Waals surface area contributed by atoms with E-state index in [0.29, 0.717) is 24.5 Å². The van der Waals surface area contributed by atoms with Gasteiger partial charge in [0.1, 0.15) is 0 Å². The lowest BCUT2D eigenvalue weighted by molar-refractivity contribution is -0.120. The highest BCUT2D eigenvalue weighted by Crippen LogP contribution is 2.27. The van der Waals surface area contributed by atoms with Crippen LogP contribution in [0.2, 0.25) is 0 Å². The van der Waals surface area contributed by atoms with Crippen molar-refractivity contribution in [2.45, 2.75) is 19.4 Å². The molecule has 19 heavy (non-hydrogen) atoms. The molecule has 0 aliphatic rings. The second kappa shape index (κ2) is 8.61. The third-order valence-electron chi connectivity index (χ3n) is 2.57. The molecule has 5 nitrogen and oxygen atoms in total. The van der Waals surface area contributed by atoms with Crippen LogP contribution in [0.1, 0.15) is 12.5 Å². The highest BCUT2D eigenvalue weighted by Gasteiger charge is 2.09. The lowest BCUT2D eigenvalue weighted by Gasteiger charge is -2.12. The van der Waals surface area contributed by atoms with Gasteiger partial charge in [0.25, 0.3) is 0 Å². The molecular formula is C13H21ClN2O3. The van der Waals surface area contributed by atoms with E-state index < -0.39 is 0 Å². The number of rotatable bonds is 6. The fraction of sp³-hybridized carbons (Fsp3) is 0.462. The van der Waals surface area contributed by atoms with E-state index >= 15 is 0 Å². The van der Waals surface area contributed by atoms with E-state index in [2.05, 4.69) is 5.32 Å². The molecule has 0 heterocycles. The van der Waals surface area contributed by atoms with Gasteiger partial charge in [0.2, 0.25) is 5.91 Å². The van der Waals surface area contributed by atoms with Crippen LogP contribution in [0.3, 0.4) is 0 Å². The number of ether oxygens (including phenoxy) is 2. The predicted octanol–water partition coefficient (Wildman–Crippen LogP) is 1.13. The summed E-state index contributed by atoms with van der Waals surface area (Å²) >= 11 is 0. The lowest BCUT2D eigenvalue weighted by atomic mass is 10.1. The first-order valence-electron chi connectivity index (χ1n) is 5.81. The monoisotopic (exact) mass is 288 g/mol. The molecule has 0 bridgehead atoms. The minimum absolute atomic E-state index is 0. The molecule has 0 radical (unpaired) electrons. The van der Waals surface area contributed by atoms with Gasteiger partial charge < -0.3 is 20.5 Å². The second-order valence-corrected chi connectivity index (χ2v) is 4.07. The molecule has 1 atom stereocenters. The summed E-state index contributed by atoms with van der Waals surface area (Å²) in [5.74, 6) is 1.21. The molecular weight excluding hydrogens is 268 g/mol. The maximum atomic E-state index is 11.7. The smallest absolute Gasteiger partial charge is 0.224 e. The van der Waals surface area contributed by atoms with Crippen molar-refractivity contribution in [3.8, 4) is 11.5 Å². The molecule has 1 amide bonds. The Hall–Kier alpha value is -1.46. The summed E-state index contributed by atoms with van der Waals surface area (Å²) in [6.45, 7) is 2.30. The predicted molar refractivity (Wildman–Crippen MR) is 77.2 cm³/mol. The fourth-order valence-corrected chi connectivity index (χ4v) is 1.56. The first-order valence-corrected chi connectivity index (χ1v) is 5.81. The van der Waals surface area contributed by atoms with Gasteiger partial charge in [0.05, 0.1) is 20.6 Å². The molecule has 0 aromatic heterocycles. The van der Waals surface area contributed by atoms with Gasteiger partial charge in [-0.3, -0.25) is 4.79 Å². The van der Waals surface area contributed by atoms with Gasteiger partial charge >= 0.3 is 0 Å². The number of methoxy groups -OCH3 is 2. The Morgan fingerprint density at radius 2 is 1.95 bits per heavy atom. The van der Waals surface area contributed by atoms with Crippen molar-refractivity contribution >= 4 is 18.3 Å². The third-order valence-corrected chi connectivity index (χ3v) is 2.57. The summed E-state index contributed by atoms with van der Waals surface area (Å²) < 4.78 is 10.3. The number of amides is 1. The zero-order chi connectivity index (χ0) is 13.5. The maximum absolute atomic E-state index is 11.7. The molecule has 3 N–H and O–H groups in total. The molecule has 0 unspecified atom stereocenters. The number of benzene rings is 1. The third kappa shape index (κ3) is 5.36. The average Bonchev–Trinajstić information content (AvgIpc) is 2.38. The maximum Gasteiger partial charge on any atom is 0.224 e. The first-order chi connectivity index (χ1) is 8.60. The minimum Gasteiger partial charge on any atom is -0.493 e. The molecule has 0 aliphatic carbocycles. The topological polar surface area (TPSA) is 73.6 Å². The number of nitrogens with one attached hydrogen (secondary N) is 1. The van der Waals surface area contributed by atoms with E-state index in [-0.39, 0.29) is 24.4 Å². The van der Waals surface area contributed by atoms with Gasteiger partial charge in [0.15, 0.2) is 11.5 Å². The number of carbonyl (C=O) groups excluding carboxylic acids is 1. The molecule has 0 saturated carbocycles. The first kappa shape index (κ1) is 17.5. The highest BCUT2D eigenvalue weighted by molar-refractivity contribution is 5.85. The molecule has 0 aliphatic heterocycles. The summed E-state index contributed by atoms with van der Waals surface area (Å²) in [5.41, 5.74) is 6.32. The Kier molecular flexibility index (Phi) is 7.95. The Morgan fingerprint density at radius 1 is 1.32 bits per heavy atom. The Morgan fingerprint density at radius 3 is 2.47 bits per heavy atom. The van der Waals surface area contributed by atoms with Crippen LogP contribution in [0.15, 0.2) is 18.2 Å². The number of halogens is 1. The zero-order valence-electron chi connectivity index (χ0n) is 11.4. The van der Waals surface area contributed by atoms with Crippen molar-refractivity contribution < 1.29 is 14.3 Å². The van der Waals surface area contributed by atoms with Crippen LogP contribution in [0, 0.1) is 0 Å². The molecule has 1 rings (SSSR count). The summed E-state index contributed by atoms with van der Waals surface area (Å²) in [6.07, 6.45) is 0.296. The summed E-state index contributed by atoms with van der Waals surface area (Å²) in [5, 5.41) is 2.81. The van der Waals surface area contributed by atoms with Gasteiger partial charge in [-0.25, -0.2) is 0 Å². The van der Waals surface area contributed by atoms with Gasteiger partial charge in [0, 0.05) is 12.6 Å². The largest absolute Gasteiger partial charge is 0.493 e. The number of nitrogens with two attached hydrogens (primary N) is 1. The molecule has 108 valence electrons. The Labute approximate surface area is 119 Å². The van der Waals surface area contributed by atoms with Crippen molar-refractivity contribution in [1.82, 2.24) is 5.32 Å². The SMILES string of the molecule is COc1ccc(CC(=O)N[C@H](C)CN)cc1OC.Cl. The van der Waals surface area contributed by atoms with Gasteiger partial charge in [-0.05, 0) is 24.6 Å². The van der Waals surface area contributed by atoms with Crippen molar-refractivity contribution in [2.24, 2.45) is 5.73 Å². The van der Waals surface area contributed by atoms with Crippen LogP contribution in [0.25, 0.3) is 0 Å². The molecule has 0 fully saturated rings. The van der Waals surface area contributed by atoms with Crippen LogP contribution in [0.4, 0.5) is 0 Å². The molecule has 1 aromatic carbocycles. The summed E-state index contributed by atoms with van der Waals surface area (Å²) in [6, 6.07) is 5.41. The quantitative estimate of drug-likeness (QED) is 0.823. The average molecular weight is 289 g/mol. The van der Waals surface area contributed by atoms with Crippen molar-refractivity contribution in [1.29, 1.82) is 0 Å². The van der Waals surface area contributed by atoms with E-state index in [1.54, 1.807) is 26.4 Å². The summed E-state index contributed by atoms with van der Waals surface area (Å²) in [4.78, 5) is 11.7. The van der Waals surface area contributed by atoms with Crippen LogP contribution in [-0.2, 0) is 11.2 Å². The molecule has 1 aromatic rings. The van der Waals surface area contributed by atoms with Gasteiger partial charge in [-0.15, -0.1) is 12.4 Å². The van der Waals surface area contributed by atoms with Gasteiger partial charge in [-0.2, -0.15) is 0 Å². The van der Waals surface area contributed by atoms with Gasteiger partial charge in [-0.1, -0.05) is 6.07 Å². The van der Waals surface area contributed by atoms with E-state index in [4.69, 9.17) is 15.2 Å².